The van der Waals surface area contributed by atoms with Gasteiger partial charge in [-0.3, -0.25) is 9.59 Å². The number of rotatable bonds is 6. The van der Waals surface area contributed by atoms with Crippen molar-refractivity contribution in [1.82, 2.24) is 4.90 Å². The molecule has 1 aromatic carbocycles. The van der Waals surface area contributed by atoms with Crippen molar-refractivity contribution in [2.45, 2.75) is 50.3 Å². The maximum absolute atomic E-state index is 12.2. The van der Waals surface area contributed by atoms with E-state index in [-0.39, 0.29) is 11.7 Å². The molecule has 1 amide bonds. The van der Waals surface area contributed by atoms with Gasteiger partial charge >= 0.3 is 0 Å². The fourth-order valence-electron chi connectivity index (χ4n) is 2.66. The zero-order valence-corrected chi connectivity index (χ0v) is 14.2. The molecule has 0 aromatic heterocycles. The van der Waals surface area contributed by atoms with E-state index in [4.69, 9.17) is 0 Å². The quantitative estimate of drug-likeness (QED) is 0.583. The molecule has 2 rings (SSSR count). The van der Waals surface area contributed by atoms with E-state index < -0.39 is 0 Å². The van der Waals surface area contributed by atoms with Gasteiger partial charge in [0.1, 0.15) is 0 Å². The van der Waals surface area contributed by atoms with Crippen LogP contribution in [0, 0.1) is 0 Å². The maximum Gasteiger partial charge on any atom is 0.232 e. The van der Waals surface area contributed by atoms with Gasteiger partial charge in [-0.2, -0.15) is 0 Å². The molecule has 0 bridgehead atoms. The monoisotopic (exact) mass is 319 g/mol. The molecule has 22 heavy (non-hydrogen) atoms. The third-order valence-electron chi connectivity index (χ3n) is 3.97. The Morgan fingerprint density at radius 1 is 1.05 bits per heavy atom. The Bertz CT molecular complexity index is 490. The molecule has 3 nitrogen and oxygen atoms in total. The van der Waals surface area contributed by atoms with Crippen LogP contribution < -0.4 is 0 Å². The molecule has 0 saturated carbocycles. The molecule has 1 aromatic rings. The Labute approximate surface area is 137 Å². The number of ketones is 1. The predicted molar refractivity (Wildman–Crippen MR) is 91.5 cm³/mol. The fraction of sp³-hybridized carbons (Fsp3) is 0.556. The molecule has 0 radical (unpaired) electrons. The predicted octanol–water partition coefficient (Wildman–Crippen LogP) is 4.16. The van der Waals surface area contributed by atoms with Crippen LogP contribution in [0.2, 0.25) is 0 Å². The van der Waals surface area contributed by atoms with Crippen LogP contribution in [0.5, 0.6) is 0 Å². The molecule has 1 aliphatic heterocycles. The highest BCUT2D eigenvalue weighted by molar-refractivity contribution is 8.00. The first kappa shape index (κ1) is 17.1. The minimum absolute atomic E-state index is 0.194. The van der Waals surface area contributed by atoms with Gasteiger partial charge in [-0.25, -0.2) is 0 Å². The summed E-state index contributed by atoms with van der Waals surface area (Å²) in [5.74, 6) is 0.917. The van der Waals surface area contributed by atoms with Crippen molar-refractivity contribution < 1.29 is 9.59 Å². The molecule has 1 aliphatic rings. The number of nitrogens with zero attached hydrogens (tertiary/aromatic N) is 1. The molecule has 1 heterocycles. The van der Waals surface area contributed by atoms with Crippen molar-refractivity contribution >= 4 is 23.5 Å². The summed E-state index contributed by atoms with van der Waals surface area (Å²) >= 11 is 1.56. The average Bonchev–Trinajstić information content (AvgIpc) is 2.82. The van der Waals surface area contributed by atoms with Crippen molar-refractivity contribution in [3.05, 3.63) is 29.8 Å². The lowest BCUT2D eigenvalue weighted by Gasteiger charge is -2.19. The van der Waals surface area contributed by atoms with E-state index in [2.05, 4.69) is 0 Å². The van der Waals surface area contributed by atoms with Gasteiger partial charge in [0, 0.05) is 30.0 Å². The van der Waals surface area contributed by atoms with E-state index in [9.17, 15) is 9.59 Å². The van der Waals surface area contributed by atoms with Gasteiger partial charge in [0.05, 0.1) is 5.75 Å². The van der Waals surface area contributed by atoms with Crippen LogP contribution in [-0.4, -0.2) is 35.4 Å². The minimum atomic E-state index is 0.194. The largest absolute Gasteiger partial charge is 0.342 e. The molecule has 0 unspecified atom stereocenters. The normalized spacial score (nSPS) is 15.4. The molecular formula is C18H25NO2S. The number of hydrogen-bond acceptors (Lipinski definition) is 3. The number of thioether (sulfide) groups is 1. The van der Waals surface area contributed by atoms with Gasteiger partial charge in [-0.15, -0.1) is 11.8 Å². The third kappa shape index (κ3) is 5.16. The molecule has 4 heteroatoms. The van der Waals surface area contributed by atoms with E-state index >= 15 is 0 Å². The summed E-state index contributed by atoms with van der Waals surface area (Å²) in [4.78, 5) is 27.1. The van der Waals surface area contributed by atoms with E-state index in [1.165, 1.54) is 12.8 Å². The Kier molecular flexibility index (Phi) is 6.97. The molecule has 1 fully saturated rings. The van der Waals surface area contributed by atoms with Crippen LogP contribution in [0.15, 0.2) is 29.2 Å². The zero-order valence-electron chi connectivity index (χ0n) is 13.3. The highest BCUT2D eigenvalue weighted by atomic mass is 32.2. The molecule has 120 valence electrons. The number of carbonyl (C=O) groups excluding carboxylic acids is 2. The molecule has 0 N–H and O–H groups in total. The van der Waals surface area contributed by atoms with Gasteiger partial charge in [-0.05, 0) is 31.4 Å². The Morgan fingerprint density at radius 3 is 2.27 bits per heavy atom. The Hall–Kier alpha value is -1.29. The molecule has 1 saturated heterocycles. The smallest absolute Gasteiger partial charge is 0.232 e. The molecule has 0 spiro atoms. The lowest BCUT2D eigenvalue weighted by atomic mass is 10.1. The van der Waals surface area contributed by atoms with Crippen molar-refractivity contribution in [2.75, 3.05) is 18.8 Å². The first-order valence-corrected chi connectivity index (χ1v) is 9.23. The highest BCUT2D eigenvalue weighted by Crippen LogP contribution is 2.20. The van der Waals surface area contributed by atoms with Crippen LogP contribution in [0.25, 0.3) is 0 Å². The summed E-state index contributed by atoms with van der Waals surface area (Å²) in [6.45, 7) is 3.82. The van der Waals surface area contributed by atoms with Gasteiger partial charge in [0.2, 0.25) is 5.91 Å². The minimum Gasteiger partial charge on any atom is -0.342 e. The van der Waals surface area contributed by atoms with Crippen LogP contribution >= 0.6 is 11.8 Å². The first-order chi connectivity index (χ1) is 10.7. The average molecular weight is 319 g/mol. The standard InChI is InChI=1S/C18H25NO2S/c1-2-7-17(20)15-8-10-16(11-9-15)22-14-18(21)19-12-5-3-4-6-13-19/h8-11H,2-7,12-14H2,1H3. The third-order valence-corrected chi connectivity index (χ3v) is 4.97. The van der Waals surface area contributed by atoms with Crippen LogP contribution in [0.4, 0.5) is 0 Å². The number of likely N-dealkylation sites (tertiary alicyclic amines) is 1. The summed E-state index contributed by atoms with van der Waals surface area (Å²) in [6, 6.07) is 7.64. The van der Waals surface area contributed by atoms with Crippen LogP contribution in [0.1, 0.15) is 55.8 Å². The SMILES string of the molecule is CCCC(=O)c1ccc(SCC(=O)N2CCCCCC2)cc1. The van der Waals surface area contributed by atoms with E-state index in [1.807, 2.05) is 36.1 Å². The van der Waals surface area contributed by atoms with Gasteiger partial charge in [-0.1, -0.05) is 31.9 Å². The Balaban J connectivity index is 1.83. The zero-order chi connectivity index (χ0) is 15.8. The maximum atomic E-state index is 12.2. The number of amides is 1. The topological polar surface area (TPSA) is 37.4 Å². The first-order valence-electron chi connectivity index (χ1n) is 8.24. The van der Waals surface area contributed by atoms with Gasteiger partial charge in [0.25, 0.3) is 0 Å². The summed E-state index contributed by atoms with van der Waals surface area (Å²) < 4.78 is 0. The number of Topliss-reactive ketones (excluding diaryl/α,β-unsaturated/α-hetero) is 1. The number of carbonyl (C=O) groups is 2. The van der Waals surface area contributed by atoms with Gasteiger partial charge in [0.15, 0.2) is 5.78 Å². The lowest BCUT2D eigenvalue weighted by Crippen LogP contribution is -2.33. The van der Waals surface area contributed by atoms with Crippen LogP contribution in [-0.2, 0) is 4.79 Å². The molecule has 0 aliphatic carbocycles. The van der Waals surface area contributed by atoms with E-state index in [0.717, 1.165) is 42.8 Å². The van der Waals surface area contributed by atoms with Crippen molar-refractivity contribution in [3.63, 3.8) is 0 Å². The summed E-state index contributed by atoms with van der Waals surface area (Å²) in [7, 11) is 0. The highest BCUT2D eigenvalue weighted by Gasteiger charge is 2.15. The second-order valence-electron chi connectivity index (χ2n) is 5.78. The molecular weight excluding hydrogens is 294 g/mol. The van der Waals surface area contributed by atoms with Crippen molar-refractivity contribution in [2.24, 2.45) is 0 Å². The second kappa shape index (κ2) is 8.99. The number of hydrogen-bond donors (Lipinski definition) is 0. The second-order valence-corrected chi connectivity index (χ2v) is 6.83. The van der Waals surface area contributed by atoms with Crippen molar-refractivity contribution in [1.29, 1.82) is 0 Å². The number of benzene rings is 1. The lowest BCUT2D eigenvalue weighted by molar-refractivity contribution is -0.128. The summed E-state index contributed by atoms with van der Waals surface area (Å²) in [5, 5.41) is 0. The fourth-order valence-corrected chi connectivity index (χ4v) is 3.47. The van der Waals surface area contributed by atoms with E-state index in [1.54, 1.807) is 11.8 Å². The van der Waals surface area contributed by atoms with E-state index in [0.29, 0.717) is 12.2 Å². The summed E-state index contributed by atoms with van der Waals surface area (Å²) in [5.41, 5.74) is 0.769. The van der Waals surface area contributed by atoms with Crippen LogP contribution in [0.3, 0.4) is 0 Å². The summed E-state index contributed by atoms with van der Waals surface area (Å²) in [6.07, 6.45) is 6.21. The van der Waals surface area contributed by atoms with Gasteiger partial charge < -0.3 is 4.90 Å². The van der Waals surface area contributed by atoms with Crippen molar-refractivity contribution in [3.8, 4) is 0 Å². The molecule has 0 atom stereocenters. The Morgan fingerprint density at radius 2 is 1.68 bits per heavy atom.